The summed E-state index contributed by atoms with van der Waals surface area (Å²) in [6.45, 7) is 1.88. The first-order valence-corrected chi connectivity index (χ1v) is 7.79. The van der Waals surface area contributed by atoms with Gasteiger partial charge in [-0.25, -0.2) is 8.42 Å². The molecule has 2 N–H and O–H groups in total. The summed E-state index contributed by atoms with van der Waals surface area (Å²) in [6.07, 6.45) is 1.35. The van der Waals surface area contributed by atoms with E-state index in [1.54, 1.807) is 24.3 Å². The van der Waals surface area contributed by atoms with Crippen LogP contribution in [0.4, 0.5) is 0 Å². The van der Waals surface area contributed by atoms with Gasteiger partial charge in [-0.05, 0) is 37.5 Å². The molecule has 1 aromatic rings. The molecular formula is C12H18ClNO2S. The molecule has 0 fully saturated rings. The topological polar surface area (TPSA) is 60.2 Å². The number of benzene rings is 1. The Morgan fingerprint density at radius 2 is 1.88 bits per heavy atom. The van der Waals surface area contributed by atoms with Crippen LogP contribution in [0.15, 0.2) is 24.3 Å². The van der Waals surface area contributed by atoms with Crippen molar-refractivity contribution < 1.29 is 8.42 Å². The molecule has 1 rings (SSSR count). The van der Waals surface area contributed by atoms with E-state index in [0.717, 1.165) is 12.0 Å². The zero-order valence-electron chi connectivity index (χ0n) is 9.90. The zero-order valence-corrected chi connectivity index (χ0v) is 11.5. The molecule has 0 bridgehead atoms. The molecule has 0 saturated heterocycles. The maximum absolute atomic E-state index is 11.8. The smallest absolute Gasteiger partial charge is 0.154 e. The van der Waals surface area contributed by atoms with Gasteiger partial charge in [0.2, 0.25) is 0 Å². The van der Waals surface area contributed by atoms with Crippen LogP contribution in [0.25, 0.3) is 0 Å². The standard InChI is InChI=1S/C12H18ClNO2S/c1-10(14)3-2-8-17(15,16)9-11-4-6-12(13)7-5-11/h4-7,10H,2-3,8-9,14H2,1H3. The minimum absolute atomic E-state index is 0.0562. The lowest BCUT2D eigenvalue weighted by atomic mass is 10.2. The van der Waals surface area contributed by atoms with Gasteiger partial charge >= 0.3 is 0 Å². The molecule has 17 heavy (non-hydrogen) atoms. The van der Waals surface area contributed by atoms with E-state index in [2.05, 4.69) is 0 Å². The van der Waals surface area contributed by atoms with Crippen LogP contribution in [0.1, 0.15) is 25.3 Å². The van der Waals surface area contributed by atoms with Gasteiger partial charge < -0.3 is 5.73 Å². The maximum atomic E-state index is 11.8. The van der Waals surface area contributed by atoms with E-state index in [0.29, 0.717) is 11.4 Å². The Morgan fingerprint density at radius 1 is 1.29 bits per heavy atom. The van der Waals surface area contributed by atoms with Crippen LogP contribution in [0, 0.1) is 0 Å². The van der Waals surface area contributed by atoms with E-state index in [1.165, 1.54) is 0 Å². The lowest BCUT2D eigenvalue weighted by Gasteiger charge is -2.06. The van der Waals surface area contributed by atoms with Crippen molar-refractivity contribution in [1.29, 1.82) is 0 Å². The van der Waals surface area contributed by atoms with Crippen LogP contribution >= 0.6 is 11.6 Å². The fourth-order valence-corrected chi connectivity index (χ4v) is 3.11. The van der Waals surface area contributed by atoms with Crippen molar-refractivity contribution in [2.24, 2.45) is 5.73 Å². The highest BCUT2D eigenvalue weighted by molar-refractivity contribution is 7.90. The minimum Gasteiger partial charge on any atom is -0.328 e. The van der Waals surface area contributed by atoms with Crippen molar-refractivity contribution in [2.45, 2.75) is 31.6 Å². The van der Waals surface area contributed by atoms with Crippen molar-refractivity contribution >= 4 is 21.4 Å². The van der Waals surface area contributed by atoms with E-state index < -0.39 is 9.84 Å². The van der Waals surface area contributed by atoms with Crippen molar-refractivity contribution in [2.75, 3.05) is 5.75 Å². The van der Waals surface area contributed by atoms with Gasteiger partial charge in [0.25, 0.3) is 0 Å². The summed E-state index contributed by atoms with van der Waals surface area (Å²) in [4.78, 5) is 0. The molecule has 0 heterocycles. The highest BCUT2D eigenvalue weighted by atomic mass is 35.5. The first-order valence-electron chi connectivity index (χ1n) is 5.59. The van der Waals surface area contributed by atoms with E-state index in [9.17, 15) is 8.42 Å². The van der Waals surface area contributed by atoms with Crippen LogP contribution in [-0.4, -0.2) is 20.2 Å². The molecule has 0 saturated carbocycles. The summed E-state index contributed by atoms with van der Waals surface area (Å²) in [6, 6.07) is 6.94. The first kappa shape index (κ1) is 14.5. The minimum atomic E-state index is -3.04. The number of halogens is 1. The van der Waals surface area contributed by atoms with Gasteiger partial charge in [-0.2, -0.15) is 0 Å². The quantitative estimate of drug-likeness (QED) is 0.867. The fourth-order valence-electron chi connectivity index (χ4n) is 1.53. The van der Waals surface area contributed by atoms with Crippen molar-refractivity contribution in [3.05, 3.63) is 34.9 Å². The molecule has 1 atom stereocenters. The molecule has 0 radical (unpaired) electrons. The second kappa shape index (κ2) is 6.38. The average Bonchev–Trinajstić information content (AvgIpc) is 2.20. The Kier molecular flexibility index (Phi) is 5.43. The summed E-state index contributed by atoms with van der Waals surface area (Å²) in [5.41, 5.74) is 6.35. The van der Waals surface area contributed by atoms with Gasteiger partial charge in [0.15, 0.2) is 9.84 Å². The Labute approximate surface area is 108 Å². The second-order valence-electron chi connectivity index (χ2n) is 4.34. The van der Waals surface area contributed by atoms with Gasteiger partial charge in [0.05, 0.1) is 11.5 Å². The van der Waals surface area contributed by atoms with Crippen LogP contribution in [-0.2, 0) is 15.6 Å². The first-order chi connectivity index (χ1) is 7.89. The Hall–Kier alpha value is -0.580. The third-order valence-corrected chi connectivity index (χ3v) is 4.35. The van der Waals surface area contributed by atoms with E-state index in [1.807, 2.05) is 6.92 Å². The predicted molar refractivity (Wildman–Crippen MR) is 71.8 cm³/mol. The molecule has 96 valence electrons. The molecule has 1 aromatic carbocycles. The average molecular weight is 276 g/mol. The molecule has 1 unspecified atom stereocenters. The zero-order chi connectivity index (χ0) is 12.9. The summed E-state index contributed by atoms with van der Waals surface area (Å²) in [5, 5.41) is 0.614. The number of rotatable bonds is 6. The molecule has 0 aromatic heterocycles. The van der Waals surface area contributed by atoms with Crippen molar-refractivity contribution in [1.82, 2.24) is 0 Å². The highest BCUT2D eigenvalue weighted by Crippen LogP contribution is 2.13. The Bertz CT molecular complexity index is 440. The molecular weight excluding hydrogens is 258 g/mol. The van der Waals surface area contributed by atoms with Gasteiger partial charge in [0.1, 0.15) is 0 Å². The van der Waals surface area contributed by atoms with Crippen molar-refractivity contribution in [3.63, 3.8) is 0 Å². The number of hydrogen-bond acceptors (Lipinski definition) is 3. The third-order valence-electron chi connectivity index (χ3n) is 2.41. The molecule has 3 nitrogen and oxygen atoms in total. The Balaban J connectivity index is 2.52. The van der Waals surface area contributed by atoms with Gasteiger partial charge in [0, 0.05) is 11.1 Å². The highest BCUT2D eigenvalue weighted by Gasteiger charge is 2.12. The SMILES string of the molecule is CC(N)CCCS(=O)(=O)Cc1ccc(Cl)cc1. The third kappa shape index (κ3) is 6.05. The predicted octanol–water partition coefficient (Wildman–Crippen LogP) is 2.38. The number of hydrogen-bond donors (Lipinski definition) is 1. The molecule has 0 amide bonds. The largest absolute Gasteiger partial charge is 0.328 e. The molecule has 0 aliphatic heterocycles. The van der Waals surface area contributed by atoms with E-state index >= 15 is 0 Å². The van der Waals surface area contributed by atoms with E-state index in [4.69, 9.17) is 17.3 Å². The lowest BCUT2D eigenvalue weighted by molar-refractivity contribution is 0.584. The van der Waals surface area contributed by atoms with Gasteiger partial charge in [-0.15, -0.1) is 0 Å². The summed E-state index contributed by atoms with van der Waals surface area (Å²) >= 11 is 5.74. The van der Waals surface area contributed by atoms with E-state index in [-0.39, 0.29) is 17.5 Å². The van der Waals surface area contributed by atoms with Gasteiger partial charge in [-0.1, -0.05) is 23.7 Å². The molecule has 0 aliphatic carbocycles. The number of sulfone groups is 1. The van der Waals surface area contributed by atoms with Crippen LogP contribution < -0.4 is 5.73 Å². The van der Waals surface area contributed by atoms with Crippen LogP contribution in [0.3, 0.4) is 0 Å². The van der Waals surface area contributed by atoms with Crippen LogP contribution in [0.5, 0.6) is 0 Å². The maximum Gasteiger partial charge on any atom is 0.154 e. The summed E-state index contributed by atoms with van der Waals surface area (Å²) in [7, 11) is -3.04. The Morgan fingerprint density at radius 3 is 2.41 bits per heavy atom. The van der Waals surface area contributed by atoms with Gasteiger partial charge in [-0.3, -0.25) is 0 Å². The van der Waals surface area contributed by atoms with Crippen molar-refractivity contribution in [3.8, 4) is 0 Å². The molecule has 0 spiro atoms. The second-order valence-corrected chi connectivity index (χ2v) is 6.96. The lowest BCUT2D eigenvalue weighted by Crippen LogP contribution is -2.17. The molecule has 5 heteroatoms. The normalized spacial score (nSPS) is 13.6. The fraction of sp³-hybridized carbons (Fsp3) is 0.500. The summed E-state index contributed by atoms with van der Waals surface area (Å²) in [5.74, 6) is 0.264. The molecule has 0 aliphatic rings. The summed E-state index contributed by atoms with van der Waals surface area (Å²) < 4.78 is 23.6. The monoisotopic (exact) mass is 275 g/mol. The number of nitrogens with two attached hydrogens (primary N) is 1. The van der Waals surface area contributed by atoms with Crippen LogP contribution in [0.2, 0.25) is 5.02 Å².